The minimum Gasteiger partial charge on any atom is -0.359 e. The van der Waals surface area contributed by atoms with Crippen LogP contribution in [0.25, 0.3) is 0 Å². The smallest absolute Gasteiger partial charge is 0.121 e. The first-order valence-electron chi connectivity index (χ1n) is 5.07. The van der Waals surface area contributed by atoms with Gasteiger partial charge in [0.25, 0.3) is 0 Å². The molecule has 2 unspecified atom stereocenters. The van der Waals surface area contributed by atoms with Gasteiger partial charge in [-0.15, -0.1) is 0 Å². The number of rotatable bonds is 0. The Labute approximate surface area is 79.0 Å². The van der Waals surface area contributed by atoms with Crippen LogP contribution in [-0.4, -0.2) is 35.1 Å². The maximum Gasteiger partial charge on any atom is 0.121 e. The third-order valence-electron chi connectivity index (χ3n) is 3.93. The lowest BCUT2D eigenvalue weighted by Gasteiger charge is -2.36. The van der Waals surface area contributed by atoms with Crippen LogP contribution in [0.4, 0.5) is 0 Å². The Kier molecular flexibility index (Phi) is 1.23. The molecule has 2 atom stereocenters. The van der Waals surface area contributed by atoms with Gasteiger partial charge < -0.3 is 9.47 Å². The molecule has 74 valence electrons. The number of hydrogen-bond donors (Lipinski definition) is 0. The van der Waals surface area contributed by atoms with Gasteiger partial charge in [0.05, 0.1) is 18.8 Å². The van der Waals surface area contributed by atoms with Crippen molar-refractivity contribution in [1.82, 2.24) is 4.90 Å². The molecule has 3 nitrogen and oxygen atoms in total. The fraction of sp³-hybridized carbons (Fsp3) is 1.00. The molecule has 3 heteroatoms. The Hall–Kier alpha value is -0.120. The van der Waals surface area contributed by atoms with E-state index in [1.54, 1.807) is 0 Å². The lowest BCUT2D eigenvalue weighted by molar-refractivity contribution is -0.124. The SMILES string of the molecule is CC12COC3(C)CCC(C)(OC1)N23. The van der Waals surface area contributed by atoms with E-state index in [1.165, 1.54) is 0 Å². The van der Waals surface area contributed by atoms with E-state index < -0.39 is 0 Å². The highest BCUT2D eigenvalue weighted by Gasteiger charge is 2.67. The molecule has 0 spiro atoms. The molecule has 0 amide bonds. The molecule has 0 bridgehead atoms. The molecule has 0 aliphatic carbocycles. The molecular formula is C10H17NO2. The molecule has 3 aliphatic heterocycles. The lowest BCUT2D eigenvalue weighted by Crippen LogP contribution is -2.52. The van der Waals surface area contributed by atoms with E-state index in [2.05, 4.69) is 25.7 Å². The van der Waals surface area contributed by atoms with Gasteiger partial charge in [-0.3, -0.25) is 0 Å². The quantitative estimate of drug-likeness (QED) is 0.565. The summed E-state index contributed by atoms with van der Waals surface area (Å²) in [5, 5.41) is 0. The fourth-order valence-electron chi connectivity index (χ4n) is 3.40. The van der Waals surface area contributed by atoms with Crippen LogP contribution in [0.1, 0.15) is 33.6 Å². The Bertz CT molecular complexity index is 209. The second kappa shape index (κ2) is 1.95. The molecule has 0 radical (unpaired) electrons. The molecule has 0 aromatic rings. The van der Waals surface area contributed by atoms with Crippen LogP contribution in [-0.2, 0) is 9.47 Å². The maximum absolute atomic E-state index is 5.91. The van der Waals surface area contributed by atoms with Crippen LogP contribution in [0, 0.1) is 0 Å². The van der Waals surface area contributed by atoms with Crippen molar-refractivity contribution in [3.63, 3.8) is 0 Å². The van der Waals surface area contributed by atoms with E-state index in [-0.39, 0.29) is 17.0 Å². The minimum atomic E-state index is -0.0556. The summed E-state index contributed by atoms with van der Waals surface area (Å²) in [6, 6.07) is 0. The van der Waals surface area contributed by atoms with Crippen LogP contribution >= 0.6 is 0 Å². The van der Waals surface area contributed by atoms with Gasteiger partial charge in [0.1, 0.15) is 11.4 Å². The minimum absolute atomic E-state index is 0.0556. The van der Waals surface area contributed by atoms with Gasteiger partial charge in [-0.2, -0.15) is 0 Å². The van der Waals surface area contributed by atoms with E-state index in [0.717, 1.165) is 26.1 Å². The van der Waals surface area contributed by atoms with Crippen LogP contribution in [0.2, 0.25) is 0 Å². The van der Waals surface area contributed by atoms with E-state index in [9.17, 15) is 0 Å². The molecule has 3 fully saturated rings. The monoisotopic (exact) mass is 183 g/mol. The van der Waals surface area contributed by atoms with Crippen molar-refractivity contribution in [3.8, 4) is 0 Å². The van der Waals surface area contributed by atoms with Crippen LogP contribution in [0.3, 0.4) is 0 Å². The fourth-order valence-corrected chi connectivity index (χ4v) is 3.40. The van der Waals surface area contributed by atoms with Gasteiger partial charge in [-0.05, 0) is 33.6 Å². The summed E-state index contributed by atoms with van der Waals surface area (Å²) < 4.78 is 11.8. The summed E-state index contributed by atoms with van der Waals surface area (Å²) in [5.74, 6) is 0. The second-order valence-corrected chi connectivity index (χ2v) is 5.26. The third-order valence-corrected chi connectivity index (χ3v) is 3.93. The molecule has 0 N–H and O–H groups in total. The Morgan fingerprint density at radius 2 is 1.38 bits per heavy atom. The average molecular weight is 183 g/mol. The van der Waals surface area contributed by atoms with Crippen molar-refractivity contribution in [3.05, 3.63) is 0 Å². The molecule has 3 saturated heterocycles. The van der Waals surface area contributed by atoms with E-state index in [0.29, 0.717) is 0 Å². The molecule has 3 rings (SSSR count). The Morgan fingerprint density at radius 1 is 0.923 bits per heavy atom. The predicted molar refractivity (Wildman–Crippen MR) is 48.2 cm³/mol. The maximum atomic E-state index is 5.91. The molecule has 0 saturated carbocycles. The van der Waals surface area contributed by atoms with Gasteiger partial charge in [0.2, 0.25) is 0 Å². The molecule has 0 aromatic carbocycles. The first-order valence-corrected chi connectivity index (χ1v) is 5.07. The highest BCUT2D eigenvalue weighted by Crippen LogP contribution is 2.55. The lowest BCUT2D eigenvalue weighted by atomic mass is 10.0. The van der Waals surface area contributed by atoms with Crippen LogP contribution in [0.15, 0.2) is 0 Å². The van der Waals surface area contributed by atoms with Crippen molar-refractivity contribution in [1.29, 1.82) is 0 Å². The Morgan fingerprint density at radius 3 is 1.85 bits per heavy atom. The standard InChI is InChI=1S/C10H17NO2/c1-8-6-12-9(2)4-5-10(3,11(8)9)13-7-8/h4-7H2,1-3H3. The summed E-state index contributed by atoms with van der Waals surface area (Å²) >= 11 is 0. The number of ether oxygens (including phenoxy) is 2. The van der Waals surface area contributed by atoms with Gasteiger partial charge in [-0.1, -0.05) is 0 Å². The van der Waals surface area contributed by atoms with E-state index in [4.69, 9.17) is 9.47 Å². The molecule has 13 heavy (non-hydrogen) atoms. The van der Waals surface area contributed by atoms with Crippen molar-refractivity contribution >= 4 is 0 Å². The van der Waals surface area contributed by atoms with Crippen LogP contribution in [0.5, 0.6) is 0 Å². The summed E-state index contributed by atoms with van der Waals surface area (Å²) in [6.45, 7) is 8.27. The van der Waals surface area contributed by atoms with E-state index in [1.807, 2.05) is 0 Å². The Balaban J connectivity index is 2.10. The van der Waals surface area contributed by atoms with Crippen molar-refractivity contribution in [2.75, 3.05) is 13.2 Å². The number of hydrogen-bond acceptors (Lipinski definition) is 3. The van der Waals surface area contributed by atoms with Crippen molar-refractivity contribution in [2.24, 2.45) is 0 Å². The molecule has 3 aliphatic rings. The largest absolute Gasteiger partial charge is 0.359 e. The zero-order valence-corrected chi connectivity index (χ0v) is 8.59. The molecule has 3 heterocycles. The predicted octanol–water partition coefficient (Wildman–Crippen LogP) is 1.33. The van der Waals surface area contributed by atoms with Gasteiger partial charge in [0, 0.05) is 0 Å². The van der Waals surface area contributed by atoms with Crippen molar-refractivity contribution < 1.29 is 9.47 Å². The molecule has 0 aromatic heterocycles. The highest BCUT2D eigenvalue weighted by molar-refractivity contribution is 5.12. The first kappa shape index (κ1) is 8.21. The zero-order valence-electron chi connectivity index (χ0n) is 8.59. The van der Waals surface area contributed by atoms with Crippen molar-refractivity contribution in [2.45, 2.75) is 50.6 Å². The third kappa shape index (κ3) is 0.767. The second-order valence-electron chi connectivity index (χ2n) is 5.26. The number of nitrogens with zero attached hydrogens (tertiary/aromatic N) is 1. The zero-order chi connectivity index (χ0) is 9.32. The summed E-state index contributed by atoms with van der Waals surface area (Å²) in [4.78, 5) is 2.45. The summed E-state index contributed by atoms with van der Waals surface area (Å²) in [7, 11) is 0. The van der Waals surface area contributed by atoms with Crippen LogP contribution < -0.4 is 0 Å². The van der Waals surface area contributed by atoms with Gasteiger partial charge in [-0.25, -0.2) is 4.90 Å². The topological polar surface area (TPSA) is 21.7 Å². The highest BCUT2D eigenvalue weighted by atomic mass is 16.6. The summed E-state index contributed by atoms with van der Waals surface area (Å²) in [6.07, 6.45) is 2.19. The summed E-state index contributed by atoms with van der Waals surface area (Å²) in [5.41, 5.74) is 0.0139. The molecular weight excluding hydrogens is 166 g/mol. The van der Waals surface area contributed by atoms with Gasteiger partial charge in [0.15, 0.2) is 0 Å². The average Bonchev–Trinajstić information content (AvgIpc) is 2.58. The van der Waals surface area contributed by atoms with E-state index >= 15 is 0 Å². The van der Waals surface area contributed by atoms with Gasteiger partial charge >= 0.3 is 0 Å². The first-order chi connectivity index (χ1) is 5.99. The normalized spacial score (nSPS) is 60.2.